The Morgan fingerprint density at radius 1 is 1.29 bits per heavy atom. The number of urea groups is 1. The van der Waals surface area contributed by atoms with Crippen LogP contribution < -0.4 is 5.32 Å². The number of methoxy groups -OCH3 is 1. The second-order valence-electron chi connectivity index (χ2n) is 5.64. The first kappa shape index (κ1) is 15.4. The third-order valence-corrected chi connectivity index (χ3v) is 3.89. The number of carbonyl (C=O) groups excluding carboxylic acids is 2. The van der Waals surface area contributed by atoms with E-state index in [9.17, 15) is 9.59 Å². The lowest BCUT2D eigenvalue weighted by molar-refractivity contribution is 0.0602. The number of anilines is 1. The van der Waals surface area contributed by atoms with Crippen LogP contribution in [0.3, 0.4) is 0 Å². The van der Waals surface area contributed by atoms with Crippen molar-refractivity contribution in [3.05, 3.63) is 29.3 Å². The van der Waals surface area contributed by atoms with Gasteiger partial charge in [0.25, 0.3) is 0 Å². The van der Waals surface area contributed by atoms with Crippen LogP contribution in [0.4, 0.5) is 10.5 Å². The molecule has 1 aromatic carbocycles. The molecule has 1 heterocycles. The van der Waals surface area contributed by atoms with E-state index in [1.165, 1.54) is 7.11 Å². The third kappa shape index (κ3) is 3.74. The van der Waals surface area contributed by atoms with Gasteiger partial charge in [-0.15, -0.1) is 0 Å². The van der Waals surface area contributed by atoms with E-state index in [1.54, 1.807) is 17.0 Å². The van der Waals surface area contributed by atoms with Crippen LogP contribution in [0, 0.1) is 12.8 Å². The van der Waals surface area contributed by atoms with Gasteiger partial charge in [-0.1, -0.05) is 18.6 Å². The summed E-state index contributed by atoms with van der Waals surface area (Å²) in [5.41, 5.74) is 1.83. The van der Waals surface area contributed by atoms with Gasteiger partial charge in [0.1, 0.15) is 0 Å². The molecule has 114 valence electrons. The van der Waals surface area contributed by atoms with Crippen molar-refractivity contribution >= 4 is 17.7 Å². The Labute approximate surface area is 125 Å². The van der Waals surface area contributed by atoms with Crippen molar-refractivity contribution in [1.29, 1.82) is 0 Å². The van der Waals surface area contributed by atoms with E-state index in [-0.39, 0.29) is 6.03 Å². The molecule has 2 amide bonds. The number of rotatable bonds is 2. The molecule has 2 rings (SSSR count). The molecule has 1 aliphatic rings. The standard InChI is InChI=1S/C16H22N2O3/c1-11-6-8-18(9-7-11)16(20)17-14-5-4-12(2)10-13(14)15(19)21-3/h4-5,10-11H,6-9H2,1-3H3,(H,17,20). The number of nitrogens with zero attached hydrogens (tertiary/aromatic N) is 1. The normalized spacial score (nSPS) is 15.7. The number of ether oxygens (including phenoxy) is 1. The minimum atomic E-state index is -0.443. The molecule has 1 N–H and O–H groups in total. The summed E-state index contributed by atoms with van der Waals surface area (Å²) in [6, 6.07) is 5.17. The maximum Gasteiger partial charge on any atom is 0.339 e. The molecule has 0 spiro atoms. The summed E-state index contributed by atoms with van der Waals surface area (Å²) in [5, 5.41) is 2.82. The SMILES string of the molecule is COC(=O)c1cc(C)ccc1NC(=O)N1CCC(C)CC1. The van der Waals surface area contributed by atoms with E-state index >= 15 is 0 Å². The fourth-order valence-corrected chi connectivity index (χ4v) is 2.45. The molecule has 5 heteroatoms. The lowest BCUT2D eigenvalue weighted by Gasteiger charge is -2.30. The van der Waals surface area contributed by atoms with Crippen LogP contribution in [0.15, 0.2) is 18.2 Å². The van der Waals surface area contributed by atoms with Crippen LogP contribution in [-0.4, -0.2) is 37.1 Å². The molecule has 5 nitrogen and oxygen atoms in total. The Morgan fingerprint density at radius 3 is 2.57 bits per heavy atom. The van der Waals surface area contributed by atoms with Crippen LogP contribution in [0.25, 0.3) is 0 Å². The van der Waals surface area contributed by atoms with Crippen LogP contribution >= 0.6 is 0 Å². The predicted molar refractivity (Wildman–Crippen MR) is 81.5 cm³/mol. The number of carbonyl (C=O) groups is 2. The third-order valence-electron chi connectivity index (χ3n) is 3.89. The minimum Gasteiger partial charge on any atom is -0.465 e. The van der Waals surface area contributed by atoms with Gasteiger partial charge in [-0.2, -0.15) is 0 Å². The van der Waals surface area contributed by atoms with Crippen LogP contribution in [-0.2, 0) is 4.74 Å². The Bertz CT molecular complexity index is 534. The number of esters is 1. The fourth-order valence-electron chi connectivity index (χ4n) is 2.45. The summed E-state index contributed by atoms with van der Waals surface area (Å²) < 4.78 is 4.77. The molecule has 0 atom stereocenters. The molecular formula is C16H22N2O3. The van der Waals surface area contributed by atoms with Crippen LogP contribution in [0.5, 0.6) is 0 Å². The van der Waals surface area contributed by atoms with Gasteiger partial charge in [-0.25, -0.2) is 9.59 Å². The van der Waals surface area contributed by atoms with Crippen molar-refractivity contribution in [2.75, 3.05) is 25.5 Å². The maximum absolute atomic E-state index is 12.3. The first-order valence-corrected chi connectivity index (χ1v) is 7.26. The van der Waals surface area contributed by atoms with Gasteiger partial charge < -0.3 is 15.0 Å². The number of aryl methyl sites for hydroxylation is 1. The van der Waals surface area contributed by atoms with Gasteiger partial charge in [0.15, 0.2) is 0 Å². The molecule has 1 aromatic rings. The quantitative estimate of drug-likeness (QED) is 0.852. The fraction of sp³-hybridized carbons (Fsp3) is 0.500. The van der Waals surface area contributed by atoms with Gasteiger partial charge in [-0.3, -0.25) is 0 Å². The second kappa shape index (κ2) is 6.61. The first-order valence-electron chi connectivity index (χ1n) is 7.26. The lowest BCUT2D eigenvalue weighted by Crippen LogP contribution is -2.40. The Hall–Kier alpha value is -2.04. The van der Waals surface area contributed by atoms with Gasteiger partial charge in [0, 0.05) is 13.1 Å². The van der Waals surface area contributed by atoms with Gasteiger partial charge in [0.05, 0.1) is 18.4 Å². The number of benzene rings is 1. The zero-order valence-electron chi connectivity index (χ0n) is 12.8. The number of likely N-dealkylation sites (tertiary alicyclic amines) is 1. The molecule has 0 unspecified atom stereocenters. The highest BCUT2D eigenvalue weighted by molar-refractivity contribution is 6.01. The van der Waals surface area contributed by atoms with Crippen LogP contribution in [0.2, 0.25) is 0 Å². The zero-order valence-corrected chi connectivity index (χ0v) is 12.8. The number of piperidine rings is 1. The number of nitrogens with one attached hydrogen (secondary N) is 1. The van der Waals surface area contributed by atoms with E-state index in [4.69, 9.17) is 4.74 Å². The average molecular weight is 290 g/mol. The van der Waals surface area contributed by atoms with E-state index < -0.39 is 5.97 Å². The van der Waals surface area contributed by atoms with Crippen molar-refractivity contribution < 1.29 is 14.3 Å². The summed E-state index contributed by atoms with van der Waals surface area (Å²) >= 11 is 0. The average Bonchev–Trinajstić information content (AvgIpc) is 2.48. The molecule has 0 aliphatic carbocycles. The molecule has 1 saturated heterocycles. The minimum absolute atomic E-state index is 0.157. The Morgan fingerprint density at radius 2 is 1.95 bits per heavy atom. The summed E-state index contributed by atoms with van der Waals surface area (Å²) in [5.74, 6) is 0.223. The predicted octanol–water partition coefficient (Wildman–Crippen LogP) is 3.05. The molecule has 0 radical (unpaired) electrons. The van der Waals surface area contributed by atoms with Crippen molar-refractivity contribution in [2.45, 2.75) is 26.7 Å². The summed E-state index contributed by atoms with van der Waals surface area (Å²) in [6.07, 6.45) is 2.04. The first-order chi connectivity index (χ1) is 10.0. The van der Waals surface area contributed by atoms with E-state index in [1.807, 2.05) is 13.0 Å². The largest absolute Gasteiger partial charge is 0.465 e. The molecule has 1 fully saturated rings. The highest BCUT2D eigenvalue weighted by Crippen LogP contribution is 2.21. The van der Waals surface area contributed by atoms with E-state index in [2.05, 4.69) is 12.2 Å². The monoisotopic (exact) mass is 290 g/mol. The number of hydrogen-bond acceptors (Lipinski definition) is 3. The number of hydrogen-bond donors (Lipinski definition) is 1. The van der Waals surface area contributed by atoms with Gasteiger partial charge in [-0.05, 0) is 37.8 Å². The molecule has 0 saturated carbocycles. The smallest absolute Gasteiger partial charge is 0.339 e. The zero-order chi connectivity index (χ0) is 15.4. The topological polar surface area (TPSA) is 58.6 Å². The van der Waals surface area contributed by atoms with Crippen molar-refractivity contribution in [2.24, 2.45) is 5.92 Å². The maximum atomic E-state index is 12.3. The van der Waals surface area contributed by atoms with Crippen molar-refractivity contribution in [1.82, 2.24) is 4.90 Å². The molecule has 1 aliphatic heterocycles. The molecule has 0 aromatic heterocycles. The second-order valence-corrected chi connectivity index (χ2v) is 5.64. The lowest BCUT2D eigenvalue weighted by atomic mass is 10.00. The Kier molecular flexibility index (Phi) is 4.83. The summed E-state index contributed by atoms with van der Waals surface area (Å²) in [4.78, 5) is 25.9. The highest BCUT2D eigenvalue weighted by atomic mass is 16.5. The van der Waals surface area contributed by atoms with Crippen molar-refractivity contribution in [3.63, 3.8) is 0 Å². The number of amides is 2. The van der Waals surface area contributed by atoms with Gasteiger partial charge >= 0.3 is 12.0 Å². The highest BCUT2D eigenvalue weighted by Gasteiger charge is 2.22. The van der Waals surface area contributed by atoms with E-state index in [0.29, 0.717) is 17.2 Å². The van der Waals surface area contributed by atoms with E-state index in [0.717, 1.165) is 31.5 Å². The molecule has 21 heavy (non-hydrogen) atoms. The van der Waals surface area contributed by atoms with Gasteiger partial charge in [0.2, 0.25) is 0 Å². The summed E-state index contributed by atoms with van der Waals surface area (Å²) in [7, 11) is 1.34. The molecular weight excluding hydrogens is 268 g/mol. The van der Waals surface area contributed by atoms with Crippen molar-refractivity contribution in [3.8, 4) is 0 Å². The molecule has 0 bridgehead atoms. The van der Waals surface area contributed by atoms with Crippen LogP contribution in [0.1, 0.15) is 35.7 Å². The Balaban J connectivity index is 2.12. The summed E-state index contributed by atoms with van der Waals surface area (Å²) in [6.45, 7) is 5.60.